The monoisotopic (exact) mass is 254 g/mol. The number of amides is 3. The molecule has 7 heteroatoms. The van der Waals surface area contributed by atoms with Crippen LogP contribution in [0.3, 0.4) is 0 Å². The first-order chi connectivity index (χ1) is 8.58. The zero-order valence-electron chi connectivity index (χ0n) is 10.1. The Balaban J connectivity index is 1.84. The van der Waals surface area contributed by atoms with E-state index in [0.717, 1.165) is 0 Å². The molecule has 0 aliphatic carbocycles. The van der Waals surface area contributed by atoms with Gasteiger partial charge in [-0.05, 0) is 12.8 Å². The second-order valence-electron chi connectivity index (χ2n) is 4.74. The van der Waals surface area contributed by atoms with E-state index in [9.17, 15) is 14.4 Å². The van der Waals surface area contributed by atoms with Gasteiger partial charge in [-0.25, -0.2) is 0 Å². The summed E-state index contributed by atoms with van der Waals surface area (Å²) >= 11 is 0. The minimum absolute atomic E-state index is 0.0158. The third-order valence-corrected chi connectivity index (χ3v) is 3.52. The van der Waals surface area contributed by atoms with Crippen LogP contribution in [0.1, 0.15) is 12.8 Å². The van der Waals surface area contributed by atoms with Crippen molar-refractivity contribution in [2.24, 2.45) is 11.7 Å². The summed E-state index contributed by atoms with van der Waals surface area (Å²) in [6, 6.07) is -0.354. The highest BCUT2D eigenvalue weighted by Crippen LogP contribution is 2.17. The summed E-state index contributed by atoms with van der Waals surface area (Å²) < 4.78 is 0. The van der Waals surface area contributed by atoms with Crippen LogP contribution in [0.4, 0.5) is 0 Å². The van der Waals surface area contributed by atoms with E-state index < -0.39 is 0 Å². The van der Waals surface area contributed by atoms with Gasteiger partial charge in [-0.1, -0.05) is 0 Å². The molecule has 0 aromatic rings. The Morgan fingerprint density at radius 1 is 1.28 bits per heavy atom. The van der Waals surface area contributed by atoms with Crippen LogP contribution < -0.4 is 16.4 Å². The number of rotatable bonds is 2. The van der Waals surface area contributed by atoms with Gasteiger partial charge in [0.2, 0.25) is 17.7 Å². The van der Waals surface area contributed by atoms with Gasteiger partial charge >= 0.3 is 0 Å². The van der Waals surface area contributed by atoms with Gasteiger partial charge in [-0.15, -0.1) is 0 Å². The van der Waals surface area contributed by atoms with E-state index in [0.29, 0.717) is 32.5 Å². The Kier molecular flexibility index (Phi) is 3.81. The molecule has 3 amide bonds. The number of piperidine rings is 1. The molecule has 0 aromatic heterocycles. The molecule has 1 atom stereocenters. The van der Waals surface area contributed by atoms with Gasteiger partial charge in [0.1, 0.15) is 6.04 Å². The van der Waals surface area contributed by atoms with E-state index in [1.165, 1.54) is 0 Å². The quantitative estimate of drug-likeness (QED) is 0.520. The first-order valence-electron chi connectivity index (χ1n) is 6.16. The summed E-state index contributed by atoms with van der Waals surface area (Å²) in [5, 5.41) is 5.56. The molecule has 0 radical (unpaired) electrons. The lowest BCUT2D eigenvalue weighted by atomic mass is 9.96. The Labute approximate surface area is 105 Å². The third-order valence-electron chi connectivity index (χ3n) is 3.52. The minimum Gasteiger partial charge on any atom is -0.369 e. The number of hydrogen-bond acceptors (Lipinski definition) is 4. The molecular weight excluding hydrogens is 236 g/mol. The summed E-state index contributed by atoms with van der Waals surface area (Å²) in [6.45, 7) is 1.61. The van der Waals surface area contributed by atoms with Crippen LogP contribution in [0.15, 0.2) is 0 Å². The summed E-state index contributed by atoms with van der Waals surface area (Å²) in [4.78, 5) is 35.9. The van der Waals surface area contributed by atoms with E-state index in [2.05, 4.69) is 10.6 Å². The lowest BCUT2D eigenvalue weighted by Gasteiger charge is -2.34. The second kappa shape index (κ2) is 5.34. The number of hydrogen-bond donors (Lipinski definition) is 3. The van der Waals surface area contributed by atoms with Gasteiger partial charge in [-0.2, -0.15) is 0 Å². The number of carbonyl (C=O) groups excluding carboxylic acids is 3. The van der Waals surface area contributed by atoms with Gasteiger partial charge in [0.25, 0.3) is 0 Å². The largest absolute Gasteiger partial charge is 0.369 e. The van der Waals surface area contributed by atoms with Crippen molar-refractivity contribution in [1.29, 1.82) is 0 Å². The highest BCUT2D eigenvalue weighted by molar-refractivity contribution is 5.87. The first-order valence-corrected chi connectivity index (χ1v) is 6.16. The van der Waals surface area contributed by atoms with Crippen LogP contribution in [0, 0.1) is 5.92 Å². The van der Waals surface area contributed by atoms with E-state index in [1.807, 2.05) is 0 Å². The Morgan fingerprint density at radius 2 is 1.94 bits per heavy atom. The van der Waals surface area contributed by atoms with Crippen molar-refractivity contribution < 1.29 is 14.4 Å². The lowest BCUT2D eigenvalue weighted by molar-refractivity contribution is -0.138. The van der Waals surface area contributed by atoms with E-state index in [-0.39, 0.29) is 36.2 Å². The molecule has 1 unspecified atom stereocenters. The average Bonchev–Trinajstić information content (AvgIpc) is 2.39. The predicted octanol–water partition coefficient (Wildman–Crippen LogP) is -2.20. The van der Waals surface area contributed by atoms with Crippen LogP contribution in [-0.2, 0) is 14.4 Å². The van der Waals surface area contributed by atoms with E-state index in [4.69, 9.17) is 5.73 Å². The normalized spacial score (nSPS) is 25.7. The fourth-order valence-corrected chi connectivity index (χ4v) is 2.35. The van der Waals surface area contributed by atoms with Gasteiger partial charge in [-0.3, -0.25) is 19.7 Å². The molecule has 18 heavy (non-hydrogen) atoms. The van der Waals surface area contributed by atoms with Gasteiger partial charge < -0.3 is 16.0 Å². The molecule has 2 fully saturated rings. The van der Waals surface area contributed by atoms with Crippen molar-refractivity contribution in [3.63, 3.8) is 0 Å². The van der Waals surface area contributed by atoms with Crippen LogP contribution in [0.25, 0.3) is 0 Å². The second-order valence-corrected chi connectivity index (χ2v) is 4.74. The Morgan fingerprint density at radius 3 is 2.44 bits per heavy atom. The van der Waals surface area contributed by atoms with Crippen LogP contribution in [-0.4, -0.2) is 54.8 Å². The summed E-state index contributed by atoms with van der Waals surface area (Å²) in [5.41, 5.74) is 5.24. The number of nitrogens with two attached hydrogens (primary N) is 1. The highest BCUT2D eigenvalue weighted by atomic mass is 16.2. The summed E-state index contributed by atoms with van der Waals surface area (Å²) in [7, 11) is 0. The zero-order chi connectivity index (χ0) is 13.1. The smallest absolute Gasteiger partial charge is 0.241 e. The molecule has 0 saturated carbocycles. The SMILES string of the molecule is NC(=O)C1CCN(C(=O)C2CNC(=O)CN2)CC1. The topological polar surface area (TPSA) is 105 Å². The number of nitrogens with one attached hydrogen (secondary N) is 2. The van der Waals surface area contributed by atoms with Crippen molar-refractivity contribution in [1.82, 2.24) is 15.5 Å². The molecule has 0 aromatic carbocycles. The molecule has 0 spiro atoms. The molecule has 2 heterocycles. The maximum Gasteiger partial charge on any atom is 0.241 e. The van der Waals surface area contributed by atoms with Gasteiger partial charge in [0, 0.05) is 25.6 Å². The standard InChI is InChI=1S/C11H18N4O3/c12-10(17)7-1-3-15(4-2-7)11(18)8-5-14-9(16)6-13-8/h7-8,13H,1-6H2,(H2,12,17)(H,14,16). The molecule has 2 aliphatic rings. The fourth-order valence-electron chi connectivity index (χ4n) is 2.35. The van der Waals surface area contributed by atoms with E-state index >= 15 is 0 Å². The van der Waals surface area contributed by atoms with Crippen molar-refractivity contribution >= 4 is 17.7 Å². The predicted molar refractivity (Wildman–Crippen MR) is 63.3 cm³/mol. The zero-order valence-corrected chi connectivity index (χ0v) is 10.1. The molecule has 2 saturated heterocycles. The van der Waals surface area contributed by atoms with Crippen molar-refractivity contribution in [3.05, 3.63) is 0 Å². The Bertz CT molecular complexity index is 353. The highest BCUT2D eigenvalue weighted by Gasteiger charge is 2.31. The average molecular weight is 254 g/mol. The molecule has 7 nitrogen and oxygen atoms in total. The number of primary amides is 1. The van der Waals surface area contributed by atoms with Crippen LogP contribution in [0.5, 0.6) is 0 Å². The molecule has 4 N–H and O–H groups in total. The molecule has 2 aliphatic heterocycles. The molecule has 2 rings (SSSR count). The summed E-state index contributed by atoms with van der Waals surface area (Å²) in [5.74, 6) is -0.511. The van der Waals surface area contributed by atoms with Crippen LogP contribution >= 0.6 is 0 Å². The molecule has 100 valence electrons. The number of nitrogens with zero attached hydrogens (tertiary/aromatic N) is 1. The molecular formula is C11H18N4O3. The lowest BCUT2D eigenvalue weighted by Crippen LogP contribution is -2.59. The number of piperazine rings is 1. The first kappa shape index (κ1) is 12.8. The summed E-state index contributed by atoms with van der Waals surface area (Å²) in [6.07, 6.45) is 1.25. The fraction of sp³-hybridized carbons (Fsp3) is 0.727. The third kappa shape index (κ3) is 2.79. The van der Waals surface area contributed by atoms with Crippen molar-refractivity contribution in [3.8, 4) is 0 Å². The van der Waals surface area contributed by atoms with E-state index in [1.54, 1.807) is 4.90 Å². The van der Waals surface area contributed by atoms with Crippen molar-refractivity contribution in [2.45, 2.75) is 18.9 Å². The number of carbonyl (C=O) groups is 3. The van der Waals surface area contributed by atoms with Crippen LogP contribution in [0.2, 0.25) is 0 Å². The van der Waals surface area contributed by atoms with Crippen molar-refractivity contribution in [2.75, 3.05) is 26.2 Å². The minimum atomic E-state index is -0.354. The number of likely N-dealkylation sites (tertiary alicyclic amines) is 1. The Hall–Kier alpha value is -1.63. The van der Waals surface area contributed by atoms with Gasteiger partial charge in [0.05, 0.1) is 6.54 Å². The molecule has 0 bridgehead atoms. The van der Waals surface area contributed by atoms with Gasteiger partial charge in [0.15, 0.2) is 0 Å². The maximum absolute atomic E-state index is 12.1. The maximum atomic E-state index is 12.1.